The number of nitrogens with one attached hydrogen (secondary N) is 1. The molecule has 1 aromatic rings. The highest BCUT2D eigenvalue weighted by atomic mass is 32.2. The van der Waals surface area contributed by atoms with Gasteiger partial charge in [0, 0.05) is 24.6 Å². The predicted molar refractivity (Wildman–Crippen MR) is 86.4 cm³/mol. The molecule has 0 radical (unpaired) electrons. The molecule has 1 aromatic carbocycles. The van der Waals surface area contributed by atoms with Crippen LogP contribution in [0.5, 0.6) is 0 Å². The van der Waals surface area contributed by atoms with Crippen LogP contribution in [0.1, 0.15) is 37.7 Å². The second-order valence-corrected chi connectivity index (χ2v) is 8.20. The summed E-state index contributed by atoms with van der Waals surface area (Å²) in [5.41, 5.74) is 2.15. The van der Waals surface area contributed by atoms with E-state index in [1.165, 1.54) is 11.8 Å². The molecule has 2 atom stereocenters. The third-order valence-corrected chi connectivity index (χ3v) is 5.82. The topological polar surface area (TPSA) is 66.4 Å². The molecule has 21 heavy (non-hydrogen) atoms. The maximum atomic E-state index is 11.9. The Labute approximate surface area is 127 Å². The molecule has 5 heteroatoms. The summed E-state index contributed by atoms with van der Waals surface area (Å²) in [6.45, 7) is 0.191. The maximum Gasteiger partial charge on any atom is 0.152 e. The number of aliphatic hydroxyl groups excluding tert-OH is 1. The summed E-state index contributed by atoms with van der Waals surface area (Å²) in [5, 5.41) is 12.0. The van der Waals surface area contributed by atoms with E-state index in [1.54, 1.807) is 0 Å². The Balaban J connectivity index is 2.08. The third kappa shape index (κ3) is 4.71. The number of hydrogen-bond acceptors (Lipinski definition) is 4. The molecule has 4 nitrogen and oxygen atoms in total. The Bertz CT molecular complexity index is 556. The summed E-state index contributed by atoms with van der Waals surface area (Å²) in [6, 6.07) is 8.06. The first-order chi connectivity index (χ1) is 10.0. The van der Waals surface area contributed by atoms with Gasteiger partial charge in [-0.05, 0) is 43.4 Å². The highest BCUT2D eigenvalue weighted by Gasteiger charge is 2.32. The number of rotatable bonds is 6. The molecule has 1 fully saturated rings. The van der Waals surface area contributed by atoms with E-state index in [-0.39, 0.29) is 17.9 Å². The minimum absolute atomic E-state index is 0.00171. The van der Waals surface area contributed by atoms with Crippen molar-refractivity contribution in [3.8, 4) is 0 Å². The van der Waals surface area contributed by atoms with Crippen molar-refractivity contribution in [2.75, 3.05) is 18.2 Å². The smallest absolute Gasteiger partial charge is 0.152 e. The molecule has 0 spiro atoms. The van der Waals surface area contributed by atoms with Gasteiger partial charge in [-0.15, -0.1) is 0 Å². The second kappa shape index (κ2) is 7.27. The van der Waals surface area contributed by atoms with E-state index in [1.807, 2.05) is 18.2 Å². The summed E-state index contributed by atoms with van der Waals surface area (Å²) >= 11 is 0. The van der Waals surface area contributed by atoms with Crippen molar-refractivity contribution >= 4 is 15.5 Å². The maximum absolute atomic E-state index is 11.9. The van der Waals surface area contributed by atoms with Crippen molar-refractivity contribution in [2.45, 2.75) is 49.8 Å². The summed E-state index contributed by atoms with van der Waals surface area (Å²) in [4.78, 5) is 0. The van der Waals surface area contributed by atoms with Crippen molar-refractivity contribution in [3.63, 3.8) is 0 Å². The van der Waals surface area contributed by atoms with E-state index in [2.05, 4.69) is 11.4 Å². The standard InChI is InChI=1S/C16H25NO3S/c1-21(19,20)16-10-3-2-9-15(16)17-14-8-4-6-13(12-14)7-5-11-18/h4,6,8,12,15-18H,2-3,5,7,9-11H2,1H3. The van der Waals surface area contributed by atoms with E-state index < -0.39 is 9.84 Å². The zero-order valence-electron chi connectivity index (χ0n) is 12.6. The van der Waals surface area contributed by atoms with Gasteiger partial charge >= 0.3 is 0 Å². The molecule has 0 aliphatic heterocycles. The number of benzene rings is 1. The van der Waals surface area contributed by atoms with Crippen LogP contribution in [0.4, 0.5) is 5.69 Å². The van der Waals surface area contributed by atoms with Gasteiger partial charge in [-0.1, -0.05) is 25.0 Å². The minimum atomic E-state index is -3.02. The van der Waals surface area contributed by atoms with Crippen LogP contribution in [-0.2, 0) is 16.3 Å². The molecule has 0 saturated heterocycles. The zero-order valence-corrected chi connectivity index (χ0v) is 13.4. The number of aryl methyl sites for hydroxylation is 1. The van der Waals surface area contributed by atoms with E-state index in [0.29, 0.717) is 0 Å². The van der Waals surface area contributed by atoms with Gasteiger partial charge in [0.2, 0.25) is 0 Å². The summed E-state index contributed by atoms with van der Waals surface area (Å²) in [5.74, 6) is 0. The molecular weight excluding hydrogens is 286 g/mol. The Morgan fingerprint density at radius 3 is 2.76 bits per heavy atom. The van der Waals surface area contributed by atoms with Gasteiger partial charge in [0.15, 0.2) is 9.84 Å². The molecule has 1 aliphatic rings. The van der Waals surface area contributed by atoms with E-state index in [9.17, 15) is 8.42 Å². The van der Waals surface area contributed by atoms with Gasteiger partial charge in [-0.3, -0.25) is 0 Å². The average Bonchev–Trinajstić information content (AvgIpc) is 2.45. The monoisotopic (exact) mass is 311 g/mol. The van der Waals surface area contributed by atoms with Gasteiger partial charge in [0.25, 0.3) is 0 Å². The number of hydrogen-bond donors (Lipinski definition) is 2. The van der Waals surface area contributed by atoms with E-state index in [4.69, 9.17) is 5.11 Å². The Hall–Kier alpha value is -1.07. The van der Waals surface area contributed by atoms with Crippen molar-refractivity contribution in [1.29, 1.82) is 0 Å². The van der Waals surface area contributed by atoms with Gasteiger partial charge in [0.1, 0.15) is 0 Å². The van der Waals surface area contributed by atoms with Crippen molar-refractivity contribution in [2.24, 2.45) is 0 Å². The normalized spacial score (nSPS) is 23.0. The summed E-state index contributed by atoms with van der Waals surface area (Å²) in [6.07, 6.45) is 6.65. The fourth-order valence-electron chi connectivity index (χ4n) is 3.09. The van der Waals surface area contributed by atoms with Gasteiger partial charge < -0.3 is 10.4 Å². The molecule has 2 N–H and O–H groups in total. The van der Waals surface area contributed by atoms with Crippen LogP contribution in [0, 0.1) is 0 Å². The average molecular weight is 311 g/mol. The van der Waals surface area contributed by atoms with E-state index >= 15 is 0 Å². The van der Waals surface area contributed by atoms with Crippen LogP contribution in [0.2, 0.25) is 0 Å². The Kier molecular flexibility index (Phi) is 5.65. The molecule has 2 unspecified atom stereocenters. The Morgan fingerprint density at radius 2 is 2.05 bits per heavy atom. The van der Waals surface area contributed by atoms with Crippen LogP contribution in [-0.4, -0.2) is 37.7 Å². The molecule has 0 bridgehead atoms. The first-order valence-electron chi connectivity index (χ1n) is 7.66. The van der Waals surface area contributed by atoms with Gasteiger partial charge in [-0.25, -0.2) is 8.42 Å². The fraction of sp³-hybridized carbons (Fsp3) is 0.625. The van der Waals surface area contributed by atoms with Crippen molar-refractivity contribution < 1.29 is 13.5 Å². The summed E-state index contributed by atoms with van der Waals surface area (Å²) < 4.78 is 23.9. The van der Waals surface area contributed by atoms with Crippen molar-refractivity contribution in [1.82, 2.24) is 0 Å². The Morgan fingerprint density at radius 1 is 1.29 bits per heavy atom. The highest BCUT2D eigenvalue weighted by Crippen LogP contribution is 2.27. The molecule has 0 aromatic heterocycles. The SMILES string of the molecule is CS(=O)(=O)C1CCCCC1Nc1cccc(CCCO)c1. The lowest BCUT2D eigenvalue weighted by molar-refractivity contribution is 0.288. The quantitative estimate of drug-likeness (QED) is 0.846. The van der Waals surface area contributed by atoms with Crippen molar-refractivity contribution in [3.05, 3.63) is 29.8 Å². The summed E-state index contributed by atoms with van der Waals surface area (Å²) in [7, 11) is -3.02. The molecule has 0 amide bonds. The minimum Gasteiger partial charge on any atom is -0.396 e. The lowest BCUT2D eigenvalue weighted by atomic mass is 9.94. The lowest BCUT2D eigenvalue weighted by Crippen LogP contribution is -2.41. The van der Waals surface area contributed by atoms with Crippen LogP contribution >= 0.6 is 0 Å². The molecular formula is C16H25NO3S. The lowest BCUT2D eigenvalue weighted by Gasteiger charge is -2.31. The van der Waals surface area contributed by atoms with Crippen LogP contribution in [0.25, 0.3) is 0 Å². The molecule has 1 saturated carbocycles. The number of aliphatic hydroxyl groups is 1. The largest absolute Gasteiger partial charge is 0.396 e. The number of anilines is 1. The zero-order chi connectivity index (χ0) is 15.3. The number of sulfone groups is 1. The van der Waals surface area contributed by atoms with E-state index in [0.717, 1.165) is 44.2 Å². The fourth-order valence-corrected chi connectivity index (χ4v) is 4.48. The molecule has 0 heterocycles. The van der Waals surface area contributed by atoms with Crippen LogP contribution in [0.15, 0.2) is 24.3 Å². The van der Waals surface area contributed by atoms with Gasteiger partial charge in [-0.2, -0.15) is 0 Å². The highest BCUT2D eigenvalue weighted by molar-refractivity contribution is 7.91. The third-order valence-electron chi connectivity index (χ3n) is 4.16. The van der Waals surface area contributed by atoms with Gasteiger partial charge in [0.05, 0.1) is 5.25 Å². The first-order valence-corrected chi connectivity index (χ1v) is 9.61. The van der Waals surface area contributed by atoms with Crippen LogP contribution < -0.4 is 5.32 Å². The first kappa shape index (κ1) is 16.3. The predicted octanol–water partition coefficient (Wildman–Crippen LogP) is 2.38. The molecule has 1 aliphatic carbocycles. The molecule has 118 valence electrons. The molecule has 2 rings (SSSR count). The van der Waals surface area contributed by atoms with Crippen LogP contribution in [0.3, 0.4) is 0 Å². The second-order valence-electron chi connectivity index (χ2n) is 5.93.